The second kappa shape index (κ2) is 17.3. The molecular formula is C16H34O7Si. The standard InChI is InChI=1S/C16H34O7Si/c1-5-7-8-9-10-11-12-13-14-15-16-20-24(21-17-3,22-18-4)23-19-6-2/h6H,2,5,7-16H2,1,3-4H3. The summed E-state index contributed by atoms with van der Waals surface area (Å²) < 4.78 is 20.4. The number of hydrogen-bond acceptors (Lipinski definition) is 7. The van der Waals surface area contributed by atoms with Crippen LogP contribution in [0.3, 0.4) is 0 Å². The molecule has 0 atom stereocenters. The predicted octanol–water partition coefficient (Wildman–Crippen LogP) is 4.61. The van der Waals surface area contributed by atoms with Gasteiger partial charge in [-0.25, -0.2) is 9.78 Å². The van der Waals surface area contributed by atoms with E-state index in [-0.39, 0.29) is 0 Å². The van der Waals surface area contributed by atoms with Gasteiger partial charge in [0.15, 0.2) is 0 Å². The molecule has 0 aliphatic rings. The van der Waals surface area contributed by atoms with Crippen molar-refractivity contribution in [2.75, 3.05) is 20.8 Å². The Morgan fingerprint density at radius 3 is 1.71 bits per heavy atom. The lowest BCUT2D eigenvalue weighted by Crippen LogP contribution is -2.48. The molecule has 0 saturated carbocycles. The van der Waals surface area contributed by atoms with E-state index in [0.29, 0.717) is 6.61 Å². The summed E-state index contributed by atoms with van der Waals surface area (Å²) in [5.41, 5.74) is 0. The summed E-state index contributed by atoms with van der Waals surface area (Å²) in [5.74, 6) is 0. The first-order valence-corrected chi connectivity index (χ1v) is 10.4. The van der Waals surface area contributed by atoms with Crippen molar-refractivity contribution in [3.05, 3.63) is 12.8 Å². The van der Waals surface area contributed by atoms with E-state index in [0.717, 1.165) is 19.1 Å². The molecule has 24 heavy (non-hydrogen) atoms. The zero-order valence-electron chi connectivity index (χ0n) is 15.4. The average molecular weight is 367 g/mol. The third-order valence-corrected chi connectivity index (χ3v) is 4.97. The summed E-state index contributed by atoms with van der Waals surface area (Å²) in [6, 6.07) is 0. The molecule has 0 radical (unpaired) electrons. The summed E-state index contributed by atoms with van der Waals surface area (Å²) in [7, 11) is -1.01. The van der Waals surface area contributed by atoms with Crippen molar-refractivity contribution in [3.63, 3.8) is 0 Å². The molecule has 0 aromatic rings. The number of unbranched alkanes of at least 4 members (excludes halogenated alkanes) is 9. The van der Waals surface area contributed by atoms with Gasteiger partial charge in [0.2, 0.25) is 0 Å². The molecule has 144 valence electrons. The van der Waals surface area contributed by atoms with Crippen LogP contribution in [0.5, 0.6) is 0 Å². The van der Waals surface area contributed by atoms with Gasteiger partial charge >= 0.3 is 9.05 Å². The van der Waals surface area contributed by atoms with E-state index in [9.17, 15) is 0 Å². The maximum absolute atomic E-state index is 5.53. The van der Waals surface area contributed by atoms with Crippen molar-refractivity contribution in [2.24, 2.45) is 0 Å². The van der Waals surface area contributed by atoms with Crippen LogP contribution >= 0.6 is 0 Å². The van der Waals surface area contributed by atoms with Crippen LogP contribution < -0.4 is 0 Å². The van der Waals surface area contributed by atoms with E-state index in [1.54, 1.807) is 0 Å². The first kappa shape index (κ1) is 23.5. The molecule has 0 aliphatic carbocycles. The summed E-state index contributed by atoms with van der Waals surface area (Å²) >= 11 is 0. The smallest absolute Gasteiger partial charge is 0.350 e. The van der Waals surface area contributed by atoms with E-state index in [1.165, 1.54) is 65.6 Å². The fourth-order valence-electron chi connectivity index (χ4n) is 2.20. The quantitative estimate of drug-likeness (QED) is 0.109. The first-order chi connectivity index (χ1) is 11.7. The molecular weight excluding hydrogens is 332 g/mol. The predicted molar refractivity (Wildman–Crippen MR) is 92.1 cm³/mol. The fourth-order valence-corrected chi connectivity index (χ4v) is 3.41. The van der Waals surface area contributed by atoms with E-state index >= 15 is 0 Å². The Bertz CT molecular complexity index is 273. The molecule has 0 spiro atoms. The lowest BCUT2D eigenvalue weighted by atomic mass is 10.1. The number of rotatable bonds is 19. The van der Waals surface area contributed by atoms with Crippen LogP contribution in [0.1, 0.15) is 71.1 Å². The normalized spacial score (nSPS) is 11.6. The molecule has 0 aromatic heterocycles. The lowest BCUT2D eigenvalue weighted by Gasteiger charge is -2.22. The molecule has 0 amide bonds. The Hall–Kier alpha value is -0.483. The van der Waals surface area contributed by atoms with Crippen molar-refractivity contribution >= 4 is 9.05 Å². The van der Waals surface area contributed by atoms with Crippen molar-refractivity contribution in [2.45, 2.75) is 71.1 Å². The molecule has 0 aromatic carbocycles. The van der Waals surface area contributed by atoms with Crippen LogP contribution in [-0.2, 0) is 32.8 Å². The Kier molecular flexibility index (Phi) is 17.0. The Morgan fingerprint density at radius 1 is 0.750 bits per heavy atom. The highest BCUT2D eigenvalue weighted by Crippen LogP contribution is 2.15. The van der Waals surface area contributed by atoms with Crippen LogP contribution in [0.25, 0.3) is 0 Å². The van der Waals surface area contributed by atoms with Gasteiger partial charge in [-0.1, -0.05) is 71.3 Å². The van der Waals surface area contributed by atoms with Gasteiger partial charge in [0, 0.05) is 6.61 Å². The lowest BCUT2D eigenvalue weighted by molar-refractivity contribution is -0.364. The van der Waals surface area contributed by atoms with Gasteiger partial charge in [-0.15, -0.1) is 4.58 Å². The monoisotopic (exact) mass is 366 g/mol. The summed E-state index contributed by atoms with van der Waals surface area (Å²) in [4.78, 5) is 13.8. The van der Waals surface area contributed by atoms with Gasteiger partial charge in [0.25, 0.3) is 0 Å². The Labute approximate surface area is 147 Å². The van der Waals surface area contributed by atoms with Crippen molar-refractivity contribution < 1.29 is 32.8 Å². The van der Waals surface area contributed by atoms with Gasteiger partial charge in [-0.05, 0) is 6.42 Å². The third kappa shape index (κ3) is 12.9. The second-order valence-electron chi connectivity index (χ2n) is 5.38. The molecule has 0 bridgehead atoms. The van der Waals surface area contributed by atoms with Crippen LogP contribution in [0.2, 0.25) is 0 Å². The molecule has 0 N–H and O–H groups in total. The van der Waals surface area contributed by atoms with E-state index < -0.39 is 9.05 Å². The molecule has 0 aliphatic heterocycles. The maximum Gasteiger partial charge on any atom is 0.773 e. The highest BCUT2D eigenvalue weighted by atomic mass is 28.4. The topological polar surface area (TPSA) is 64.6 Å². The van der Waals surface area contributed by atoms with Gasteiger partial charge in [-0.2, -0.15) is 9.15 Å². The van der Waals surface area contributed by atoms with Crippen LogP contribution in [-0.4, -0.2) is 29.9 Å². The molecule has 7 nitrogen and oxygen atoms in total. The minimum Gasteiger partial charge on any atom is -0.350 e. The summed E-state index contributed by atoms with van der Waals surface area (Å²) in [5, 5.41) is 0. The molecule has 0 heterocycles. The van der Waals surface area contributed by atoms with Crippen LogP contribution in [0.4, 0.5) is 0 Å². The minimum atomic E-state index is -3.65. The van der Waals surface area contributed by atoms with Crippen molar-refractivity contribution in [3.8, 4) is 0 Å². The largest absolute Gasteiger partial charge is 0.773 e. The van der Waals surface area contributed by atoms with E-state index in [4.69, 9.17) is 18.2 Å². The first-order valence-electron chi connectivity index (χ1n) is 8.77. The third-order valence-electron chi connectivity index (χ3n) is 3.37. The van der Waals surface area contributed by atoms with Crippen molar-refractivity contribution in [1.29, 1.82) is 0 Å². The maximum atomic E-state index is 5.53. The van der Waals surface area contributed by atoms with Gasteiger partial charge < -0.3 is 9.31 Å². The van der Waals surface area contributed by atoms with Gasteiger partial charge in [-0.3, -0.25) is 0 Å². The highest BCUT2D eigenvalue weighted by molar-refractivity contribution is 6.52. The average Bonchev–Trinajstić information content (AvgIpc) is 2.58. The summed E-state index contributed by atoms with van der Waals surface area (Å²) in [6.07, 6.45) is 13.5. The van der Waals surface area contributed by atoms with Crippen molar-refractivity contribution in [1.82, 2.24) is 0 Å². The number of hydrogen-bond donors (Lipinski definition) is 0. The molecule has 0 unspecified atom stereocenters. The van der Waals surface area contributed by atoms with Crippen LogP contribution in [0.15, 0.2) is 12.8 Å². The molecule has 8 heteroatoms. The zero-order chi connectivity index (χ0) is 17.9. The van der Waals surface area contributed by atoms with E-state index in [1.807, 2.05) is 0 Å². The molecule has 0 rings (SSSR count). The molecule has 0 saturated heterocycles. The fraction of sp³-hybridized carbons (Fsp3) is 0.875. The zero-order valence-corrected chi connectivity index (χ0v) is 16.4. The molecule has 0 fully saturated rings. The Balaban J connectivity index is 3.76. The minimum absolute atomic E-state index is 0.399. The second-order valence-corrected chi connectivity index (χ2v) is 7.17. The Morgan fingerprint density at radius 2 is 1.25 bits per heavy atom. The van der Waals surface area contributed by atoms with Crippen LogP contribution in [0, 0.1) is 0 Å². The van der Waals surface area contributed by atoms with E-state index in [2.05, 4.69) is 28.2 Å². The SMILES string of the molecule is C=COO[Si](OCCCCCCCCCCCC)(OOC)OOC. The van der Waals surface area contributed by atoms with Gasteiger partial charge in [0.1, 0.15) is 6.26 Å². The highest BCUT2D eigenvalue weighted by Gasteiger charge is 2.52. The van der Waals surface area contributed by atoms with Gasteiger partial charge in [0.05, 0.1) is 14.2 Å². The summed E-state index contributed by atoms with van der Waals surface area (Å²) in [6.45, 7) is 6.01.